The van der Waals surface area contributed by atoms with Crippen molar-refractivity contribution >= 4 is 37.9 Å². The quantitative estimate of drug-likeness (QED) is 0.814. The third-order valence-electron chi connectivity index (χ3n) is 2.57. The van der Waals surface area contributed by atoms with Gasteiger partial charge in [-0.2, -0.15) is 0 Å². The van der Waals surface area contributed by atoms with E-state index in [9.17, 15) is 8.42 Å². The molecule has 102 valence electrons. The van der Waals surface area contributed by atoms with E-state index in [0.717, 1.165) is 15.6 Å². The van der Waals surface area contributed by atoms with Crippen LogP contribution in [0.5, 0.6) is 0 Å². The molecule has 2 aromatic carbocycles. The SMILES string of the molecule is O=S(=O)(/C=C/c1ccccc1)/C=C/c1ccc(Br)cc1. The molecule has 20 heavy (non-hydrogen) atoms. The summed E-state index contributed by atoms with van der Waals surface area (Å²) in [5, 5.41) is 2.41. The monoisotopic (exact) mass is 348 g/mol. The first kappa shape index (κ1) is 14.8. The number of hydrogen-bond acceptors (Lipinski definition) is 2. The van der Waals surface area contributed by atoms with E-state index in [1.54, 1.807) is 12.2 Å². The highest BCUT2D eigenvalue weighted by molar-refractivity contribution is 9.10. The van der Waals surface area contributed by atoms with Gasteiger partial charge in [-0.15, -0.1) is 0 Å². The van der Waals surface area contributed by atoms with Gasteiger partial charge in [0.1, 0.15) is 0 Å². The van der Waals surface area contributed by atoms with Gasteiger partial charge in [0.25, 0.3) is 0 Å². The molecule has 0 N–H and O–H groups in total. The molecule has 0 spiro atoms. The molecule has 0 fully saturated rings. The first-order valence-electron chi connectivity index (χ1n) is 5.97. The number of sulfone groups is 1. The standard InChI is InChI=1S/C16H13BrO2S/c17-16-8-6-15(7-9-16)11-13-20(18,19)12-10-14-4-2-1-3-5-14/h1-13H/b12-10+,13-11+. The largest absolute Gasteiger partial charge is 0.220 e. The summed E-state index contributed by atoms with van der Waals surface area (Å²) in [6.07, 6.45) is 3.17. The van der Waals surface area contributed by atoms with Gasteiger partial charge in [0.2, 0.25) is 0 Å². The summed E-state index contributed by atoms with van der Waals surface area (Å²) in [5.41, 5.74) is 1.69. The van der Waals surface area contributed by atoms with Gasteiger partial charge in [0.05, 0.1) is 0 Å². The Morgan fingerprint density at radius 3 is 1.80 bits per heavy atom. The Balaban J connectivity index is 2.11. The smallest absolute Gasteiger partial charge is 0.193 e. The van der Waals surface area contributed by atoms with Crippen LogP contribution < -0.4 is 0 Å². The molecule has 0 saturated carbocycles. The molecular weight excluding hydrogens is 336 g/mol. The number of halogens is 1. The number of hydrogen-bond donors (Lipinski definition) is 0. The normalized spacial score (nSPS) is 12.2. The average molecular weight is 349 g/mol. The molecule has 0 unspecified atom stereocenters. The molecule has 4 heteroatoms. The van der Waals surface area contributed by atoms with Gasteiger partial charge in [-0.3, -0.25) is 0 Å². The maximum Gasteiger partial charge on any atom is 0.193 e. The third-order valence-corrected chi connectivity index (χ3v) is 4.13. The van der Waals surface area contributed by atoms with Crippen molar-refractivity contribution in [3.05, 3.63) is 81.0 Å². The highest BCUT2D eigenvalue weighted by Crippen LogP contribution is 2.12. The van der Waals surface area contributed by atoms with Crippen molar-refractivity contribution in [1.29, 1.82) is 0 Å². The Morgan fingerprint density at radius 2 is 1.25 bits per heavy atom. The van der Waals surface area contributed by atoms with Gasteiger partial charge >= 0.3 is 0 Å². The van der Waals surface area contributed by atoms with Crippen molar-refractivity contribution in [3.63, 3.8) is 0 Å². The molecule has 0 bridgehead atoms. The fraction of sp³-hybridized carbons (Fsp3) is 0. The van der Waals surface area contributed by atoms with Gasteiger partial charge in [-0.25, -0.2) is 8.42 Å². The van der Waals surface area contributed by atoms with Crippen LogP contribution in [-0.2, 0) is 9.84 Å². The molecule has 0 saturated heterocycles. The van der Waals surface area contributed by atoms with Crippen LogP contribution in [0.1, 0.15) is 11.1 Å². The number of benzene rings is 2. The van der Waals surface area contributed by atoms with E-state index in [2.05, 4.69) is 15.9 Å². The Labute approximate surface area is 127 Å². The Hall–Kier alpha value is -1.65. The predicted octanol–water partition coefficient (Wildman–Crippen LogP) is 4.51. The molecule has 0 aliphatic rings. The van der Waals surface area contributed by atoms with Gasteiger partial charge in [0.15, 0.2) is 9.84 Å². The van der Waals surface area contributed by atoms with Gasteiger partial charge in [-0.1, -0.05) is 58.4 Å². The molecule has 0 aliphatic carbocycles. The number of rotatable bonds is 4. The van der Waals surface area contributed by atoms with E-state index in [4.69, 9.17) is 0 Å². The van der Waals surface area contributed by atoms with E-state index in [1.165, 1.54) is 10.8 Å². The van der Waals surface area contributed by atoms with Crippen LogP contribution in [0.15, 0.2) is 69.9 Å². The zero-order valence-electron chi connectivity index (χ0n) is 10.6. The lowest BCUT2D eigenvalue weighted by Crippen LogP contribution is -1.87. The lowest BCUT2D eigenvalue weighted by molar-refractivity contribution is 0.613. The van der Waals surface area contributed by atoms with Crippen LogP contribution >= 0.6 is 15.9 Å². The molecule has 2 rings (SSSR count). The average Bonchev–Trinajstić information content (AvgIpc) is 2.46. The first-order valence-corrected chi connectivity index (χ1v) is 8.37. The van der Waals surface area contributed by atoms with Crippen LogP contribution in [0.3, 0.4) is 0 Å². The molecule has 0 radical (unpaired) electrons. The molecule has 0 heterocycles. The molecule has 0 amide bonds. The topological polar surface area (TPSA) is 34.1 Å². The molecule has 0 aliphatic heterocycles. The lowest BCUT2D eigenvalue weighted by Gasteiger charge is -1.94. The van der Waals surface area contributed by atoms with E-state index < -0.39 is 9.84 Å². The molecule has 2 aromatic rings. The van der Waals surface area contributed by atoms with Crippen LogP contribution in [0, 0.1) is 0 Å². The molecule has 2 nitrogen and oxygen atoms in total. The van der Waals surface area contributed by atoms with Crippen molar-refractivity contribution in [1.82, 2.24) is 0 Å². The second-order valence-electron chi connectivity index (χ2n) is 4.16. The van der Waals surface area contributed by atoms with E-state index in [0.29, 0.717) is 0 Å². The Kier molecular flexibility index (Phi) is 4.93. The van der Waals surface area contributed by atoms with Crippen LogP contribution in [0.25, 0.3) is 12.2 Å². The van der Waals surface area contributed by atoms with Crippen molar-refractivity contribution in [2.24, 2.45) is 0 Å². The van der Waals surface area contributed by atoms with Crippen molar-refractivity contribution in [3.8, 4) is 0 Å². The molecular formula is C16H13BrO2S. The van der Waals surface area contributed by atoms with E-state index in [-0.39, 0.29) is 0 Å². The fourth-order valence-corrected chi connectivity index (χ4v) is 2.58. The fourth-order valence-electron chi connectivity index (χ4n) is 1.53. The van der Waals surface area contributed by atoms with Crippen molar-refractivity contribution in [2.45, 2.75) is 0 Å². The highest BCUT2D eigenvalue weighted by Gasteiger charge is 1.99. The minimum Gasteiger partial charge on any atom is -0.220 e. The van der Waals surface area contributed by atoms with Crippen molar-refractivity contribution in [2.75, 3.05) is 0 Å². The Morgan fingerprint density at radius 1 is 0.750 bits per heavy atom. The Bertz CT molecular complexity index is 715. The summed E-state index contributed by atoms with van der Waals surface area (Å²) in [4.78, 5) is 0. The van der Waals surface area contributed by atoms with Crippen LogP contribution in [-0.4, -0.2) is 8.42 Å². The minimum absolute atomic E-state index is 0.838. The maximum atomic E-state index is 11.9. The van der Waals surface area contributed by atoms with Gasteiger partial charge in [-0.05, 0) is 35.4 Å². The lowest BCUT2D eigenvalue weighted by atomic mass is 10.2. The maximum absolute atomic E-state index is 11.9. The van der Waals surface area contributed by atoms with Gasteiger partial charge in [0, 0.05) is 15.3 Å². The van der Waals surface area contributed by atoms with Crippen LogP contribution in [0.4, 0.5) is 0 Å². The first-order chi connectivity index (χ1) is 9.55. The van der Waals surface area contributed by atoms with E-state index >= 15 is 0 Å². The van der Waals surface area contributed by atoms with Gasteiger partial charge < -0.3 is 0 Å². The zero-order chi connectivity index (χ0) is 14.4. The summed E-state index contributed by atoms with van der Waals surface area (Å²) >= 11 is 3.33. The summed E-state index contributed by atoms with van der Waals surface area (Å²) in [6.45, 7) is 0. The third kappa shape index (κ3) is 4.79. The minimum atomic E-state index is -3.36. The molecule has 0 atom stereocenters. The summed E-state index contributed by atoms with van der Waals surface area (Å²) in [7, 11) is -3.36. The second-order valence-corrected chi connectivity index (χ2v) is 6.79. The molecule has 0 aromatic heterocycles. The van der Waals surface area contributed by atoms with Crippen molar-refractivity contribution < 1.29 is 8.42 Å². The predicted molar refractivity (Wildman–Crippen MR) is 87.6 cm³/mol. The summed E-state index contributed by atoms with van der Waals surface area (Å²) < 4.78 is 24.7. The summed E-state index contributed by atoms with van der Waals surface area (Å²) in [5.74, 6) is 0. The second kappa shape index (κ2) is 6.68. The zero-order valence-corrected chi connectivity index (χ0v) is 13.0. The highest BCUT2D eigenvalue weighted by atomic mass is 79.9. The summed E-state index contributed by atoms with van der Waals surface area (Å²) in [6, 6.07) is 16.7. The van der Waals surface area contributed by atoms with E-state index in [1.807, 2.05) is 54.6 Å². The van der Waals surface area contributed by atoms with Crippen LogP contribution in [0.2, 0.25) is 0 Å².